The maximum atomic E-state index is 14.5. The Morgan fingerprint density at radius 3 is 2.88 bits per heavy atom. The molecule has 0 saturated carbocycles. The first kappa shape index (κ1) is 18.1. The second-order valence-electron chi connectivity index (χ2n) is 6.98. The maximum Gasteiger partial charge on any atom is 0.292 e. The predicted octanol–water partition coefficient (Wildman–Crippen LogP) is 2.82. The first-order valence-corrected chi connectivity index (χ1v) is 9.78. The number of anilines is 1. The Labute approximate surface area is 159 Å². The summed E-state index contributed by atoms with van der Waals surface area (Å²) in [4.78, 5) is 8.12. The first-order chi connectivity index (χ1) is 12.5. The van der Waals surface area contributed by atoms with Crippen LogP contribution >= 0.6 is 15.9 Å². The number of ether oxygens (including phenoxy) is 1. The van der Waals surface area contributed by atoms with Crippen LogP contribution < -0.4 is 4.90 Å². The summed E-state index contributed by atoms with van der Waals surface area (Å²) < 4.78 is 37.0. The molecule has 9 heteroatoms. The highest BCUT2D eigenvalue weighted by atomic mass is 79.9. The summed E-state index contributed by atoms with van der Waals surface area (Å²) in [6.45, 7) is 2.87. The van der Waals surface area contributed by atoms with Crippen molar-refractivity contribution < 1.29 is 13.5 Å². The van der Waals surface area contributed by atoms with E-state index in [9.17, 15) is 8.78 Å². The van der Waals surface area contributed by atoms with E-state index in [0.717, 1.165) is 24.1 Å². The Bertz CT molecular complexity index is 765. The molecule has 26 heavy (non-hydrogen) atoms. The molecule has 2 aliphatic rings. The molecule has 4 heterocycles. The predicted molar refractivity (Wildman–Crippen MR) is 97.9 cm³/mol. The molecule has 0 radical (unpaired) electrons. The quantitative estimate of drug-likeness (QED) is 0.730. The third kappa shape index (κ3) is 3.70. The van der Waals surface area contributed by atoms with Crippen molar-refractivity contribution in [3.05, 3.63) is 23.1 Å². The Kier molecular flexibility index (Phi) is 5.11. The Balaban J connectivity index is 1.42. The molecule has 2 fully saturated rings. The summed E-state index contributed by atoms with van der Waals surface area (Å²) in [5.74, 6) is -2.39. The molecule has 0 aliphatic carbocycles. The fourth-order valence-electron chi connectivity index (χ4n) is 3.73. The molecule has 6 nitrogen and oxygen atoms in total. The summed E-state index contributed by atoms with van der Waals surface area (Å²) >= 11 is 3.39. The van der Waals surface area contributed by atoms with Gasteiger partial charge in [0.15, 0.2) is 5.82 Å². The molecule has 2 saturated heterocycles. The van der Waals surface area contributed by atoms with Gasteiger partial charge in [0, 0.05) is 17.2 Å². The molecule has 0 aromatic carbocycles. The molecule has 1 unspecified atom stereocenters. The van der Waals surface area contributed by atoms with Crippen molar-refractivity contribution >= 4 is 27.3 Å². The van der Waals surface area contributed by atoms with Gasteiger partial charge in [-0.1, -0.05) is 6.42 Å². The second-order valence-corrected chi connectivity index (χ2v) is 7.89. The van der Waals surface area contributed by atoms with Gasteiger partial charge in [0.05, 0.1) is 19.7 Å². The van der Waals surface area contributed by atoms with E-state index in [2.05, 4.69) is 30.9 Å². The number of hydrogen-bond donors (Lipinski definition) is 0. The molecule has 2 aromatic rings. The van der Waals surface area contributed by atoms with Crippen LogP contribution in [0, 0.1) is 0 Å². The number of likely N-dealkylation sites (tertiary alicyclic amines) is 1. The maximum absolute atomic E-state index is 14.5. The van der Waals surface area contributed by atoms with Gasteiger partial charge in [-0.25, -0.2) is 18.3 Å². The Morgan fingerprint density at radius 2 is 2.08 bits per heavy atom. The second kappa shape index (κ2) is 7.36. The van der Waals surface area contributed by atoms with Crippen LogP contribution in [0.2, 0.25) is 0 Å². The molecule has 2 aromatic heterocycles. The monoisotopic (exact) mass is 429 g/mol. The van der Waals surface area contributed by atoms with Crippen molar-refractivity contribution in [2.24, 2.45) is 0 Å². The van der Waals surface area contributed by atoms with E-state index in [1.807, 2.05) is 6.07 Å². The highest BCUT2D eigenvalue weighted by Gasteiger charge is 2.49. The smallest absolute Gasteiger partial charge is 0.292 e. The lowest BCUT2D eigenvalue weighted by atomic mass is 10.1. The van der Waals surface area contributed by atoms with Gasteiger partial charge in [0.25, 0.3) is 5.92 Å². The number of halogens is 3. The number of hydrogen-bond acceptors (Lipinski definition) is 5. The van der Waals surface area contributed by atoms with Gasteiger partial charge < -0.3 is 14.5 Å². The molecule has 0 spiro atoms. The lowest BCUT2D eigenvalue weighted by Crippen LogP contribution is -2.38. The van der Waals surface area contributed by atoms with Gasteiger partial charge >= 0.3 is 0 Å². The minimum absolute atomic E-state index is 0.127. The van der Waals surface area contributed by atoms with Crippen molar-refractivity contribution in [2.75, 3.05) is 44.2 Å². The van der Waals surface area contributed by atoms with Crippen LogP contribution in [0.5, 0.6) is 0 Å². The van der Waals surface area contributed by atoms with Gasteiger partial charge in [-0.05, 0) is 47.9 Å². The van der Waals surface area contributed by atoms with Crippen LogP contribution in [0.4, 0.5) is 14.6 Å². The van der Waals surface area contributed by atoms with Gasteiger partial charge in [-0.3, -0.25) is 0 Å². The van der Waals surface area contributed by atoms with Gasteiger partial charge in [0.2, 0.25) is 0 Å². The van der Waals surface area contributed by atoms with Crippen LogP contribution in [0.25, 0.3) is 5.52 Å². The Morgan fingerprint density at radius 1 is 1.27 bits per heavy atom. The molecule has 2 aliphatic heterocycles. The number of alkyl halides is 2. The molecule has 0 N–H and O–H groups in total. The standard InChI is InChI=1S/C17H22BrF2N5O/c18-13-8-14-16(21-12-22-25(14)9-13)24-10-15(17(19,20)11-24)26-7-6-23-4-2-1-3-5-23/h8-9,12,15H,1-7,10-11H2. The highest BCUT2D eigenvalue weighted by Crippen LogP contribution is 2.34. The van der Waals surface area contributed by atoms with E-state index >= 15 is 0 Å². The first-order valence-electron chi connectivity index (χ1n) is 8.98. The minimum atomic E-state index is -2.90. The zero-order valence-corrected chi connectivity index (χ0v) is 16.0. The van der Waals surface area contributed by atoms with E-state index in [4.69, 9.17) is 4.74 Å². The lowest BCUT2D eigenvalue weighted by Gasteiger charge is -2.27. The molecule has 4 rings (SSSR count). The third-order valence-corrected chi connectivity index (χ3v) is 5.52. The van der Waals surface area contributed by atoms with E-state index in [1.54, 1.807) is 15.6 Å². The van der Waals surface area contributed by atoms with E-state index < -0.39 is 18.6 Å². The van der Waals surface area contributed by atoms with Crippen molar-refractivity contribution in [2.45, 2.75) is 31.3 Å². The van der Waals surface area contributed by atoms with Crippen LogP contribution in [0.15, 0.2) is 23.1 Å². The summed E-state index contributed by atoms with van der Waals surface area (Å²) in [7, 11) is 0. The van der Waals surface area contributed by atoms with Gasteiger partial charge in [0.1, 0.15) is 17.9 Å². The fourth-order valence-corrected chi connectivity index (χ4v) is 4.14. The fraction of sp³-hybridized carbons (Fsp3) is 0.647. The van der Waals surface area contributed by atoms with Crippen LogP contribution in [-0.2, 0) is 4.74 Å². The van der Waals surface area contributed by atoms with Crippen LogP contribution in [0.3, 0.4) is 0 Å². The zero-order chi connectivity index (χ0) is 18.1. The summed E-state index contributed by atoms with van der Waals surface area (Å²) in [6, 6.07) is 1.83. The SMILES string of the molecule is FC1(F)CN(c2ncnn3cc(Br)cc23)CC1OCCN1CCCCC1. The summed E-state index contributed by atoms with van der Waals surface area (Å²) in [5, 5.41) is 4.12. The van der Waals surface area contributed by atoms with E-state index in [-0.39, 0.29) is 6.54 Å². The average Bonchev–Trinajstić information content (AvgIpc) is 3.14. The minimum Gasteiger partial charge on any atom is -0.369 e. The molecular weight excluding hydrogens is 408 g/mol. The number of fused-ring (bicyclic) bond motifs is 1. The van der Waals surface area contributed by atoms with Crippen LogP contribution in [-0.4, -0.2) is 70.9 Å². The number of aromatic nitrogens is 3. The molecule has 1 atom stereocenters. The van der Waals surface area contributed by atoms with Gasteiger partial charge in [-0.2, -0.15) is 5.10 Å². The van der Waals surface area contributed by atoms with Crippen molar-refractivity contribution in [3.63, 3.8) is 0 Å². The van der Waals surface area contributed by atoms with E-state index in [0.29, 0.717) is 17.9 Å². The molecule has 0 amide bonds. The summed E-state index contributed by atoms with van der Waals surface area (Å²) in [6.07, 6.45) is 5.68. The number of rotatable bonds is 5. The van der Waals surface area contributed by atoms with E-state index in [1.165, 1.54) is 25.6 Å². The highest BCUT2D eigenvalue weighted by molar-refractivity contribution is 9.10. The van der Waals surface area contributed by atoms with Crippen molar-refractivity contribution in [1.82, 2.24) is 19.5 Å². The zero-order valence-electron chi connectivity index (χ0n) is 14.5. The van der Waals surface area contributed by atoms with Crippen molar-refractivity contribution in [1.29, 1.82) is 0 Å². The molecule has 0 bridgehead atoms. The number of nitrogens with zero attached hydrogens (tertiary/aromatic N) is 5. The molecule has 142 valence electrons. The van der Waals surface area contributed by atoms with Gasteiger partial charge in [-0.15, -0.1) is 0 Å². The lowest BCUT2D eigenvalue weighted by molar-refractivity contribution is -0.107. The average molecular weight is 430 g/mol. The topological polar surface area (TPSA) is 45.9 Å². The number of piperidine rings is 1. The normalized spacial score (nSPS) is 23.8. The largest absolute Gasteiger partial charge is 0.369 e. The summed E-state index contributed by atoms with van der Waals surface area (Å²) in [5.41, 5.74) is 0.698. The van der Waals surface area contributed by atoms with Crippen molar-refractivity contribution in [3.8, 4) is 0 Å². The third-order valence-electron chi connectivity index (χ3n) is 5.09. The van der Waals surface area contributed by atoms with Crippen LogP contribution in [0.1, 0.15) is 19.3 Å². The molecular formula is C17H22BrF2N5O. The Hall–Kier alpha value is -1.32.